The number of ether oxygens (including phenoxy) is 2. The van der Waals surface area contributed by atoms with Crippen LogP contribution in [0.25, 0.3) is 0 Å². The summed E-state index contributed by atoms with van der Waals surface area (Å²) < 4.78 is 48.3. The average Bonchev–Trinajstić information content (AvgIpc) is 2.29. The molecule has 18 heavy (non-hydrogen) atoms. The minimum Gasteiger partial charge on any atom is -0.399 e. The molecule has 0 saturated carbocycles. The van der Waals surface area contributed by atoms with Gasteiger partial charge in [-0.15, -0.1) is 0 Å². The maximum atomic E-state index is 12.7. The van der Waals surface area contributed by atoms with Crippen LogP contribution >= 0.6 is 0 Å². The third-order valence-corrected chi connectivity index (χ3v) is 2.27. The van der Waals surface area contributed by atoms with Crippen LogP contribution in [0.5, 0.6) is 0 Å². The first-order valence-corrected chi connectivity index (χ1v) is 5.56. The highest BCUT2D eigenvalue weighted by atomic mass is 19.4. The fourth-order valence-electron chi connectivity index (χ4n) is 1.43. The molecule has 0 aromatic heterocycles. The Morgan fingerprint density at radius 1 is 1.17 bits per heavy atom. The number of hydrogen-bond acceptors (Lipinski definition) is 3. The second-order valence-corrected chi connectivity index (χ2v) is 3.66. The molecule has 0 saturated heterocycles. The molecule has 0 aliphatic heterocycles. The van der Waals surface area contributed by atoms with E-state index in [2.05, 4.69) is 0 Å². The van der Waals surface area contributed by atoms with Crippen LogP contribution in [0.2, 0.25) is 0 Å². The second-order valence-electron chi connectivity index (χ2n) is 3.66. The van der Waals surface area contributed by atoms with E-state index in [1.165, 1.54) is 12.1 Å². The Kier molecular flexibility index (Phi) is 5.43. The molecule has 0 spiro atoms. The van der Waals surface area contributed by atoms with E-state index < -0.39 is 11.7 Å². The van der Waals surface area contributed by atoms with Crippen LogP contribution in [0.1, 0.15) is 18.1 Å². The van der Waals surface area contributed by atoms with Gasteiger partial charge in [0.1, 0.15) is 0 Å². The first-order valence-electron chi connectivity index (χ1n) is 5.56. The minimum absolute atomic E-state index is 0.0770. The van der Waals surface area contributed by atoms with Gasteiger partial charge in [-0.05, 0) is 24.6 Å². The van der Waals surface area contributed by atoms with Gasteiger partial charge in [0.05, 0.1) is 25.4 Å². The van der Waals surface area contributed by atoms with Crippen LogP contribution in [0.3, 0.4) is 0 Å². The van der Waals surface area contributed by atoms with Crippen molar-refractivity contribution in [2.75, 3.05) is 25.6 Å². The van der Waals surface area contributed by atoms with Crippen molar-refractivity contribution in [3.05, 3.63) is 29.3 Å². The number of nitrogens with two attached hydrogens (primary N) is 1. The molecule has 0 aliphatic carbocycles. The molecule has 1 aromatic rings. The maximum absolute atomic E-state index is 12.7. The summed E-state index contributed by atoms with van der Waals surface area (Å²) in [6.45, 7) is 2.91. The zero-order valence-electron chi connectivity index (χ0n) is 10.1. The molecular formula is C12H16F3NO2. The Morgan fingerprint density at radius 3 is 2.44 bits per heavy atom. The SMILES string of the molecule is CCOCCOCc1ccc(N)cc1C(F)(F)F. The molecule has 0 heterocycles. The lowest BCUT2D eigenvalue weighted by atomic mass is 10.1. The van der Waals surface area contributed by atoms with Gasteiger partial charge in [0.15, 0.2) is 0 Å². The summed E-state index contributed by atoms with van der Waals surface area (Å²) in [5.74, 6) is 0. The standard InChI is InChI=1S/C12H16F3NO2/c1-2-17-5-6-18-8-9-3-4-10(16)7-11(9)12(13,14)15/h3-4,7H,2,5-6,8,16H2,1H3. The summed E-state index contributed by atoms with van der Waals surface area (Å²) in [4.78, 5) is 0. The molecule has 0 unspecified atom stereocenters. The van der Waals surface area contributed by atoms with E-state index in [1.54, 1.807) is 0 Å². The second kappa shape index (κ2) is 6.61. The van der Waals surface area contributed by atoms with Gasteiger partial charge in [-0.3, -0.25) is 0 Å². The normalized spacial score (nSPS) is 11.8. The molecule has 0 fully saturated rings. The molecule has 0 atom stereocenters. The van der Waals surface area contributed by atoms with E-state index in [0.717, 1.165) is 6.07 Å². The van der Waals surface area contributed by atoms with Gasteiger partial charge in [-0.1, -0.05) is 6.07 Å². The lowest BCUT2D eigenvalue weighted by Gasteiger charge is -2.13. The summed E-state index contributed by atoms with van der Waals surface area (Å²) >= 11 is 0. The third-order valence-electron chi connectivity index (χ3n) is 2.27. The van der Waals surface area contributed by atoms with Crippen LogP contribution in [0, 0.1) is 0 Å². The highest BCUT2D eigenvalue weighted by Crippen LogP contribution is 2.33. The van der Waals surface area contributed by atoms with Gasteiger partial charge in [-0.25, -0.2) is 0 Å². The first-order chi connectivity index (χ1) is 8.45. The predicted molar refractivity (Wildman–Crippen MR) is 62.0 cm³/mol. The summed E-state index contributed by atoms with van der Waals surface area (Å²) in [7, 11) is 0. The predicted octanol–water partition coefficient (Wildman–Crippen LogP) is 2.84. The lowest BCUT2D eigenvalue weighted by molar-refractivity contribution is -0.138. The molecular weight excluding hydrogens is 247 g/mol. The molecule has 102 valence electrons. The van der Waals surface area contributed by atoms with Gasteiger partial charge in [0.2, 0.25) is 0 Å². The van der Waals surface area contributed by atoms with Crippen LogP contribution < -0.4 is 5.73 Å². The van der Waals surface area contributed by atoms with Crippen molar-refractivity contribution in [1.82, 2.24) is 0 Å². The van der Waals surface area contributed by atoms with E-state index in [9.17, 15) is 13.2 Å². The van der Waals surface area contributed by atoms with Crippen LogP contribution in [-0.2, 0) is 22.3 Å². The summed E-state index contributed by atoms with van der Waals surface area (Å²) in [5, 5.41) is 0. The Labute approximate surface area is 104 Å². The zero-order valence-corrected chi connectivity index (χ0v) is 10.1. The van der Waals surface area contributed by atoms with Gasteiger partial charge in [0, 0.05) is 12.3 Å². The fourth-order valence-corrected chi connectivity index (χ4v) is 1.43. The average molecular weight is 263 g/mol. The summed E-state index contributed by atoms with van der Waals surface area (Å²) in [5.41, 5.74) is 4.77. The van der Waals surface area contributed by atoms with Crippen molar-refractivity contribution < 1.29 is 22.6 Å². The number of alkyl halides is 3. The van der Waals surface area contributed by atoms with Gasteiger partial charge in [0.25, 0.3) is 0 Å². The monoisotopic (exact) mass is 263 g/mol. The van der Waals surface area contributed by atoms with Gasteiger partial charge in [-0.2, -0.15) is 13.2 Å². The summed E-state index contributed by atoms with van der Waals surface area (Å²) in [6, 6.07) is 3.68. The third kappa shape index (κ3) is 4.54. The van der Waals surface area contributed by atoms with Crippen LogP contribution in [0.4, 0.5) is 18.9 Å². The topological polar surface area (TPSA) is 44.5 Å². The maximum Gasteiger partial charge on any atom is 0.416 e. The molecule has 0 aliphatic rings. The number of anilines is 1. The summed E-state index contributed by atoms with van der Waals surface area (Å²) in [6.07, 6.45) is -4.42. The highest BCUT2D eigenvalue weighted by molar-refractivity contribution is 5.45. The molecule has 0 radical (unpaired) electrons. The molecule has 0 amide bonds. The molecule has 1 aromatic carbocycles. The van der Waals surface area contributed by atoms with Crippen molar-refractivity contribution in [3.63, 3.8) is 0 Å². The quantitative estimate of drug-likeness (QED) is 0.634. The van der Waals surface area contributed by atoms with Crippen molar-refractivity contribution in [2.24, 2.45) is 0 Å². The van der Waals surface area contributed by atoms with E-state index in [-0.39, 0.29) is 24.5 Å². The lowest BCUT2D eigenvalue weighted by Crippen LogP contribution is -2.12. The van der Waals surface area contributed by atoms with Crippen molar-refractivity contribution >= 4 is 5.69 Å². The Hall–Kier alpha value is -1.27. The van der Waals surface area contributed by atoms with E-state index in [0.29, 0.717) is 13.2 Å². The zero-order chi connectivity index (χ0) is 13.6. The van der Waals surface area contributed by atoms with E-state index in [4.69, 9.17) is 15.2 Å². The molecule has 0 bridgehead atoms. The minimum atomic E-state index is -4.42. The smallest absolute Gasteiger partial charge is 0.399 e. The fraction of sp³-hybridized carbons (Fsp3) is 0.500. The molecule has 1 rings (SSSR count). The Bertz CT molecular complexity index is 380. The number of nitrogen functional groups attached to an aromatic ring is 1. The van der Waals surface area contributed by atoms with E-state index >= 15 is 0 Å². The Balaban J connectivity index is 2.65. The number of halogens is 3. The van der Waals surface area contributed by atoms with Crippen molar-refractivity contribution in [1.29, 1.82) is 0 Å². The molecule has 3 nitrogen and oxygen atoms in total. The number of rotatable bonds is 6. The van der Waals surface area contributed by atoms with E-state index in [1.807, 2.05) is 6.92 Å². The molecule has 2 N–H and O–H groups in total. The van der Waals surface area contributed by atoms with Gasteiger partial charge < -0.3 is 15.2 Å². The number of hydrogen-bond donors (Lipinski definition) is 1. The van der Waals surface area contributed by atoms with Crippen LogP contribution in [-0.4, -0.2) is 19.8 Å². The van der Waals surface area contributed by atoms with Crippen LogP contribution in [0.15, 0.2) is 18.2 Å². The Morgan fingerprint density at radius 2 is 1.83 bits per heavy atom. The van der Waals surface area contributed by atoms with Gasteiger partial charge >= 0.3 is 6.18 Å². The highest BCUT2D eigenvalue weighted by Gasteiger charge is 2.33. The number of benzene rings is 1. The largest absolute Gasteiger partial charge is 0.416 e. The first kappa shape index (κ1) is 14.8. The van der Waals surface area contributed by atoms with Crippen molar-refractivity contribution in [2.45, 2.75) is 19.7 Å². The van der Waals surface area contributed by atoms with Crippen molar-refractivity contribution in [3.8, 4) is 0 Å². The molecule has 6 heteroatoms.